The Hall–Kier alpha value is -3.41. The Morgan fingerprint density at radius 3 is 2.76 bits per heavy atom. The fraction of sp³-hybridized carbons (Fsp3) is 0.105. The zero-order chi connectivity index (χ0) is 17.2. The van der Waals surface area contributed by atoms with Crippen molar-refractivity contribution in [3.63, 3.8) is 0 Å². The quantitative estimate of drug-likeness (QED) is 0.602. The lowest BCUT2D eigenvalue weighted by Crippen LogP contribution is -2.19. The van der Waals surface area contributed by atoms with E-state index in [0.29, 0.717) is 0 Å². The molecule has 25 heavy (non-hydrogen) atoms. The lowest BCUT2D eigenvalue weighted by Gasteiger charge is -2.09. The van der Waals surface area contributed by atoms with Crippen molar-refractivity contribution in [3.05, 3.63) is 66.5 Å². The average molecular weight is 331 g/mol. The minimum absolute atomic E-state index is 0.133. The number of imidazole rings is 1. The number of hydrogen-bond donors (Lipinski definition) is 2. The lowest BCUT2D eigenvalue weighted by atomic mass is 10.1. The second-order valence-electron chi connectivity index (χ2n) is 5.91. The van der Waals surface area contributed by atoms with E-state index >= 15 is 0 Å². The predicted molar refractivity (Wildman–Crippen MR) is 97.1 cm³/mol. The number of para-hydroxylation sites is 3. The summed E-state index contributed by atoms with van der Waals surface area (Å²) < 4.78 is 1.62. The van der Waals surface area contributed by atoms with Crippen LogP contribution >= 0.6 is 0 Å². The van der Waals surface area contributed by atoms with Gasteiger partial charge in [0, 0.05) is 11.8 Å². The van der Waals surface area contributed by atoms with Crippen LogP contribution in [-0.2, 0) is 11.3 Å². The van der Waals surface area contributed by atoms with Gasteiger partial charge in [0.2, 0.25) is 5.91 Å². The molecule has 2 N–H and O–H groups in total. The van der Waals surface area contributed by atoms with E-state index in [9.17, 15) is 4.79 Å². The van der Waals surface area contributed by atoms with Gasteiger partial charge in [-0.25, -0.2) is 4.98 Å². The molecule has 0 radical (unpaired) electrons. The van der Waals surface area contributed by atoms with Crippen LogP contribution < -0.4 is 5.32 Å². The molecule has 0 aliphatic carbocycles. The van der Waals surface area contributed by atoms with Crippen molar-refractivity contribution < 1.29 is 4.79 Å². The minimum Gasteiger partial charge on any atom is -0.338 e. The highest BCUT2D eigenvalue weighted by Crippen LogP contribution is 2.27. The maximum Gasteiger partial charge on any atom is 0.246 e. The highest BCUT2D eigenvalue weighted by atomic mass is 16.2. The third kappa shape index (κ3) is 3.14. The second-order valence-corrected chi connectivity index (χ2v) is 5.91. The lowest BCUT2D eigenvalue weighted by molar-refractivity contribution is -0.116. The third-order valence-corrected chi connectivity index (χ3v) is 3.91. The number of carbonyl (C=O) groups is 1. The number of benzene rings is 2. The predicted octanol–water partition coefficient (Wildman–Crippen LogP) is 3.37. The fourth-order valence-electron chi connectivity index (χ4n) is 2.77. The highest BCUT2D eigenvalue weighted by Gasteiger charge is 2.12. The first-order valence-corrected chi connectivity index (χ1v) is 8.02. The third-order valence-electron chi connectivity index (χ3n) is 3.91. The van der Waals surface area contributed by atoms with E-state index in [0.717, 1.165) is 33.7 Å². The van der Waals surface area contributed by atoms with Crippen LogP contribution in [0.25, 0.3) is 22.4 Å². The Bertz CT molecular complexity index is 1010. The van der Waals surface area contributed by atoms with Crippen LogP contribution in [0.15, 0.2) is 60.9 Å². The normalized spacial score (nSPS) is 10.9. The van der Waals surface area contributed by atoms with E-state index in [2.05, 4.69) is 20.4 Å². The number of aromatic amines is 1. The number of carbonyl (C=O) groups excluding carboxylic acids is 1. The van der Waals surface area contributed by atoms with Gasteiger partial charge in [-0.05, 0) is 36.8 Å². The maximum atomic E-state index is 12.3. The number of rotatable bonds is 4. The molecule has 2 aromatic carbocycles. The zero-order valence-electron chi connectivity index (χ0n) is 13.7. The number of fused-ring (bicyclic) bond motifs is 1. The minimum atomic E-state index is -0.133. The Labute approximate surface area is 144 Å². The number of amides is 1. The van der Waals surface area contributed by atoms with Crippen LogP contribution in [0.3, 0.4) is 0 Å². The molecule has 6 nitrogen and oxygen atoms in total. The van der Waals surface area contributed by atoms with Crippen molar-refractivity contribution in [1.82, 2.24) is 19.7 Å². The number of aryl methyl sites for hydroxylation is 1. The van der Waals surface area contributed by atoms with Gasteiger partial charge in [0.1, 0.15) is 12.4 Å². The molecule has 0 fully saturated rings. The topological polar surface area (TPSA) is 75.6 Å². The Balaban J connectivity index is 1.61. The van der Waals surface area contributed by atoms with E-state index in [4.69, 9.17) is 0 Å². The van der Waals surface area contributed by atoms with Crippen molar-refractivity contribution in [2.75, 3.05) is 5.32 Å². The average Bonchev–Trinajstić information content (AvgIpc) is 3.21. The smallest absolute Gasteiger partial charge is 0.246 e. The van der Waals surface area contributed by atoms with Crippen molar-refractivity contribution in [2.24, 2.45) is 0 Å². The molecule has 124 valence electrons. The van der Waals surface area contributed by atoms with Gasteiger partial charge in [-0.3, -0.25) is 9.48 Å². The number of aromatic nitrogens is 4. The van der Waals surface area contributed by atoms with Gasteiger partial charge in [0.05, 0.1) is 22.9 Å². The van der Waals surface area contributed by atoms with Gasteiger partial charge in [-0.15, -0.1) is 0 Å². The molecule has 4 rings (SSSR count). The van der Waals surface area contributed by atoms with E-state index in [1.807, 2.05) is 61.7 Å². The summed E-state index contributed by atoms with van der Waals surface area (Å²) in [6.45, 7) is 2.11. The van der Waals surface area contributed by atoms with Crippen LogP contribution in [0, 0.1) is 6.92 Å². The first-order chi connectivity index (χ1) is 12.2. The molecule has 0 aliphatic rings. The summed E-state index contributed by atoms with van der Waals surface area (Å²) in [7, 11) is 0. The van der Waals surface area contributed by atoms with Gasteiger partial charge in [-0.1, -0.05) is 24.3 Å². The molecule has 1 amide bonds. The van der Waals surface area contributed by atoms with Crippen molar-refractivity contribution in [1.29, 1.82) is 0 Å². The van der Waals surface area contributed by atoms with E-state index in [1.165, 1.54) is 0 Å². The Morgan fingerprint density at radius 1 is 1.16 bits per heavy atom. The van der Waals surface area contributed by atoms with Gasteiger partial charge in [0.15, 0.2) is 0 Å². The largest absolute Gasteiger partial charge is 0.338 e. The molecule has 0 saturated heterocycles. The summed E-state index contributed by atoms with van der Waals surface area (Å²) >= 11 is 0. The van der Waals surface area contributed by atoms with Gasteiger partial charge >= 0.3 is 0 Å². The maximum absolute atomic E-state index is 12.3. The van der Waals surface area contributed by atoms with E-state index in [-0.39, 0.29) is 12.5 Å². The molecule has 0 saturated carbocycles. The van der Waals surface area contributed by atoms with Crippen LogP contribution in [0.5, 0.6) is 0 Å². The molecule has 6 heteroatoms. The van der Waals surface area contributed by atoms with E-state index < -0.39 is 0 Å². The number of hydrogen-bond acceptors (Lipinski definition) is 3. The Kier molecular flexibility index (Phi) is 3.78. The summed E-state index contributed by atoms with van der Waals surface area (Å²) in [5, 5.41) is 7.10. The van der Waals surface area contributed by atoms with Crippen molar-refractivity contribution >= 4 is 22.6 Å². The molecule has 4 aromatic rings. The van der Waals surface area contributed by atoms with Crippen LogP contribution in [0.4, 0.5) is 5.69 Å². The number of nitrogens with zero attached hydrogens (tertiary/aromatic N) is 3. The summed E-state index contributed by atoms with van der Waals surface area (Å²) in [6, 6.07) is 15.5. The van der Waals surface area contributed by atoms with Crippen LogP contribution in [-0.4, -0.2) is 25.7 Å². The van der Waals surface area contributed by atoms with Gasteiger partial charge in [0.25, 0.3) is 0 Å². The molecule has 0 unspecified atom stereocenters. The number of nitrogens with one attached hydrogen (secondary N) is 2. The van der Waals surface area contributed by atoms with Crippen LogP contribution in [0.2, 0.25) is 0 Å². The molecule has 0 atom stereocenters. The monoisotopic (exact) mass is 331 g/mol. The molecule has 0 bridgehead atoms. The molecule has 2 heterocycles. The molecule has 2 aromatic heterocycles. The first-order valence-electron chi connectivity index (χ1n) is 8.02. The molecular formula is C19H17N5O. The van der Waals surface area contributed by atoms with Gasteiger partial charge in [-0.2, -0.15) is 5.10 Å². The summed E-state index contributed by atoms with van der Waals surface area (Å²) in [5.41, 5.74) is 4.45. The number of H-pyrrole nitrogens is 1. The van der Waals surface area contributed by atoms with Gasteiger partial charge < -0.3 is 10.3 Å². The highest BCUT2D eigenvalue weighted by molar-refractivity contribution is 5.95. The SMILES string of the molecule is Cc1cnn(CC(=O)Nc2ccccc2-c2nc3ccccc3[nH]2)c1. The van der Waals surface area contributed by atoms with E-state index in [1.54, 1.807) is 10.9 Å². The number of anilines is 1. The van der Waals surface area contributed by atoms with Crippen molar-refractivity contribution in [2.45, 2.75) is 13.5 Å². The fourth-order valence-corrected chi connectivity index (χ4v) is 2.77. The standard InChI is InChI=1S/C19H17N5O/c1-13-10-20-24(11-13)12-18(25)21-15-7-3-2-6-14(15)19-22-16-8-4-5-9-17(16)23-19/h2-11H,12H2,1H3,(H,21,25)(H,22,23). The summed E-state index contributed by atoms with van der Waals surface area (Å²) in [5.74, 6) is 0.596. The van der Waals surface area contributed by atoms with Crippen molar-refractivity contribution in [3.8, 4) is 11.4 Å². The van der Waals surface area contributed by atoms with Crippen LogP contribution in [0.1, 0.15) is 5.56 Å². The molecule has 0 spiro atoms. The first kappa shape index (κ1) is 15.1. The summed E-state index contributed by atoms with van der Waals surface area (Å²) in [6.07, 6.45) is 3.57. The summed E-state index contributed by atoms with van der Waals surface area (Å²) in [4.78, 5) is 20.3. The second kappa shape index (κ2) is 6.24. The molecular weight excluding hydrogens is 314 g/mol. The zero-order valence-corrected chi connectivity index (χ0v) is 13.7. The molecule has 0 aliphatic heterocycles. The Morgan fingerprint density at radius 2 is 1.96 bits per heavy atom.